The van der Waals surface area contributed by atoms with Crippen molar-refractivity contribution in [3.05, 3.63) is 28.2 Å². The maximum atomic E-state index is 11.7. The minimum atomic E-state index is -0.318. The van der Waals surface area contributed by atoms with Gasteiger partial charge >= 0.3 is 0 Å². The number of anilines is 1. The minimum absolute atomic E-state index is 0.173. The highest BCUT2D eigenvalue weighted by Crippen LogP contribution is 2.20. The molecule has 0 saturated carbocycles. The lowest BCUT2D eigenvalue weighted by atomic mass is 10.2. The second-order valence-corrected chi connectivity index (χ2v) is 4.77. The highest BCUT2D eigenvalue weighted by molar-refractivity contribution is 9.10. The molecule has 6 heteroatoms. The van der Waals surface area contributed by atoms with Crippen LogP contribution in [0.4, 0.5) is 5.69 Å². The predicted molar refractivity (Wildman–Crippen MR) is 73.9 cm³/mol. The van der Waals surface area contributed by atoms with Crippen molar-refractivity contribution in [2.75, 3.05) is 12.3 Å². The van der Waals surface area contributed by atoms with Gasteiger partial charge in [-0.25, -0.2) is 0 Å². The van der Waals surface area contributed by atoms with Gasteiger partial charge in [-0.2, -0.15) is 0 Å². The molecule has 1 rings (SSSR count). The molecule has 0 atom stereocenters. The Hall–Kier alpha value is -1.56. The van der Waals surface area contributed by atoms with Crippen molar-refractivity contribution in [2.24, 2.45) is 5.73 Å². The fourth-order valence-corrected chi connectivity index (χ4v) is 1.66. The van der Waals surface area contributed by atoms with Crippen LogP contribution in [0.2, 0.25) is 0 Å². The van der Waals surface area contributed by atoms with E-state index in [2.05, 4.69) is 21.2 Å². The van der Waals surface area contributed by atoms with Crippen molar-refractivity contribution in [1.29, 1.82) is 0 Å². The Morgan fingerprint density at radius 1 is 1.28 bits per heavy atom. The monoisotopic (exact) mass is 313 g/mol. The van der Waals surface area contributed by atoms with Crippen molar-refractivity contribution in [3.63, 3.8) is 0 Å². The van der Waals surface area contributed by atoms with Crippen molar-refractivity contribution in [2.45, 2.75) is 19.3 Å². The fraction of sp³-hybridized carbons (Fsp3) is 0.333. The van der Waals surface area contributed by atoms with E-state index >= 15 is 0 Å². The zero-order valence-corrected chi connectivity index (χ0v) is 11.5. The third-order valence-electron chi connectivity index (χ3n) is 2.39. The third kappa shape index (κ3) is 4.75. The number of nitrogen functional groups attached to an aromatic ring is 1. The fourth-order valence-electron chi connectivity index (χ4n) is 1.41. The van der Waals surface area contributed by atoms with Crippen LogP contribution in [-0.4, -0.2) is 18.4 Å². The van der Waals surface area contributed by atoms with E-state index in [1.165, 1.54) is 0 Å². The van der Waals surface area contributed by atoms with Crippen LogP contribution in [0.25, 0.3) is 0 Å². The summed E-state index contributed by atoms with van der Waals surface area (Å²) in [5, 5.41) is 2.76. The number of nitrogens with one attached hydrogen (secondary N) is 1. The zero-order chi connectivity index (χ0) is 13.5. The lowest BCUT2D eigenvalue weighted by molar-refractivity contribution is -0.118. The summed E-state index contributed by atoms with van der Waals surface area (Å²) in [6.45, 7) is 0.516. The van der Waals surface area contributed by atoms with Gasteiger partial charge in [0.15, 0.2) is 0 Å². The molecule has 0 spiro atoms. The number of unbranched alkanes of at least 4 members (excludes halogenated alkanes) is 1. The molecule has 0 radical (unpaired) electrons. The summed E-state index contributed by atoms with van der Waals surface area (Å²) >= 11 is 3.26. The van der Waals surface area contributed by atoms with E-state index < -0.39 is 0 Å². The number of carbonyl (C=O) groups is 2. The molecule has 0 aliphatic heterocycles. The molecule has 1 aromatic carbocycles. The number of nitrogens with two attached hydrogens (primary N) is 2. The van der Waals surface area contributed by atoms with Crippen LogP contribution >= 0.6 is 15.9 Å². The Morgan fingerprint density at radius 3 is 2.61 bits per heavy atom. The lowest BCUT2D eigenvalue weighted by Crippen LogP contribution is -2.24. The minimum Gasteiger partial charge on any atom is -0.398 e. The van der Waals surface area contributed by atoms with E-state index in [-0.39, 0.29) is 11.8 Å². The van der Waals surface area contributed by atoms with E-state index in [4.69, 9.17) is 11.5 Å². The Kier molecular flexibility index (Phi) is 5.64. The summed E-state index contributed by atoms with van der Waals surface area (Å²) in [6, 6.07) is 5.04. The molecule has 5 nitrogen and oxygen atoms in total. The average molecular weight is 314 g/mol. The molecule has 0 unspecified atom stereocenters. The second kappa shape index (κ2) is 7.00. The smallest absolute Gasteiger partial charge is 0.251 e. The number of carbonyl (C=O) groups excluding carboxylic acids is 2. The van der Waals surface area contributed by atoms with Crippen LogP contribution in [0.3, 0.4) is 0 Å². The predicted octanol–water partition coefficient (Wildman–Crippen LogP) is 1.42. The van der Waals surface area contributed by atoms with Gasteiger partial charge in [-0.1, -0.05) is 0 Å². The van der Waals surface area contributed by atoms with Gasteiger partial charge in [-0.05, 0) is 47.0 Å². The molecule has 0 aliphatic carbocycles. The summed E-state index contributed by atoms with van der Waals surface area (Å²) in [6.07, 6.45) is 1.75. The summed E-state index contributed by atoms with van der Waals surface area (Å²) in [7, 11) is 0. The van der Waals surface area contributed by atoms with E-state index in [0.29, 0.717) is 30.6 Å². The quantitative estimate of drug-likeness (QED) is 0.547. The Bertz CT molecular complexity index is 449. The van der Waals surface area contributed by atoms with Gasteiger partial charge < -0.3 is 16.8 Å². The molecule has 18 heavy (non-hydrogen) atoms. The van der Waals surface area contributed by atoms with Crippen LogP contribution in [0.1, 0.15) is 29.6 Å². The number of hydrogen-bond donors (Lipinski definition) is 3. The van der Waals surface area contributed by atoms with Gasteiger partial charge in [0, 0.05) is 28.7 Å². The highest BCUT2D eigenvalue weighted by Gasteiger charge is 2.06. The summed E-state index contributed by atoms with van der Waals surface area (Å²) in [5.41, 5.74) is 11.7. The number of primary amides is 1. The highest BCUT2D eigenvalue weighted by atomic mass is 79.9. The van der Waals surface area contributed by atoms with Crippen LogP contribution in [0.15, 0.2) is 22.7 Å². The van der Waals surface area contributed by atoms with Gasteiger partial charge in [-0.3, -0.25) is 9.59 Å². The molecule has 98 valence electrons. The first kappa shape index (κ1) is 14.5. The lowest BCUT2D eigenvalue weighted by Gasteiger charge is -2.06. The molecule has 0 bridgehead atoms. The largest absolute Gasteiger partial charge is 0.398 e. The van der Waals surface area contributed by atoms with E-state index in [0.717, 1.165) is 10.9 Å². The number of benzene rings is 1. The standard InChI is InChI=1S/C12H16BrN3O2/c13-9-5-4-8(7-10(9)14)12(18)16-6-2-1-3-11(15)17/h4-5,7H,1-3,6,14H2,(H2,15,17)(H,16,18). The molecule has 0 heterocycles. The molecule has 0 saturated heterocycles. The normalized spacial score (nSPS) is 10.1. The second-order valence-electron chi connectivity index (χ2n) is 3.92. The first-order chi connectivity index (χ1) is 8.50. The van der Waals surface area contributed by atoms with Gasteiger partial charge in [0.2, 0.25) is 5.91 Å². The van der Waals surface area contributed by atoms with Crippen LogP contribution in [0.5, 0.6) is 0 Å². The third-order valence-corrected chi connectivity index (χ3v) is 3.12. The molecular weight excluding hydrogens is 298 g/mol. The Labute approximate surface area is 114 Å². The Morgan fingerprint density at radius 2 is 2.00 bits per heavy atom. The molecular formula is C12H16BrN3O2. The Balaban J connectivity index is 2.36. The molecule has 5 N–H and O–H groups in total. The molecule has 0 aromatic heterocycles. The number of halogens is 1. The molecule has 1 aromatic rings. The van der Waals surface area contributed by atoms with Crippen molar-refractivity contribution in [3.8, 4) is 0 Å². The van der Waals surface area contributed by atoms with Crippen LogP contribution < -0.4 is 16.8 Å². The van der Waals surface area contributed by atoms with Gasteiger partial charge in [0.05, 0.1) is 0 Å². The molecule has 2 amide bonds. The number of rotatable bonds is 6. The number of amides is 2. The van der Waals surface area contributed by atoms with Crippen molar-refractivity contribution < 1.29 is 9.59 Å². The summed E-state index contributed by atoms with van der Waals surface area (Å²) in [5.74, 6) is -0.490. The van der Waals surface area contributed by atoms with Gasteiger partial charge in [-0.15, -0.1) is 0 Å². The topological polar surface area (TPSA) is 98.2 Å². The molecule has 0 fully saturated rings. The van der Waals surface area contributed by atoms with Crippen LogP contribution in [0, 0.1) is 0 Å². The van der Waals surface area contributed by atoms with Crippen LogP contribution in [-0.2, 0) is 4.79 Å². The average Bonchev–Trinajstić information content (AvgIpc) is 2.31. The van der Waals surface area contributed by atoms with Gasteiger partial charge in [0.25, 0.3) is 5.91 Å². The van der Waals surface area contributed by atoms with Crippen molar-refractivity contribution >= 4 is 33.4 Å². The maximum absolute atomic E-state index is 11.7. The number of hydrogen-bond acceptors (Lipinski definition) is 3. The SMILES string of the molecule is NC(=O)CCCCNC(=O)c1ccc(Br)c(N)c1. The summed E-state index contributed by atoms with van der Waals surface area (Å²) in [4.78, 5) is 22.2. The van der Waals surface area contributed by atoms with E-state index in [1.807, 2.05) is 0 Å². The maximum Gasteiger partial charge on any atom is 0.251 e. The first-order valence-electron chi connectivity index (χ1n) is 5.62. The van der Waals surface area contributed by atoms with E-state index in [9.17, 15) is 9.59 Å². The van der Waals surface area contributed by atoms with Gasteiger partial charge in [0.1, 0.15) is 0 Å². The summed E-state index contributed by atoms with van der Waals surface area (Å²) < 4.78 is 0.764. The van der Waals surface area contributed by atoms with E-state index in [1.54, 1.807) is 18.2 Å². The first-order valence-corrected chi connectivity index (χ1v) is 6.41. The zero-order valence-electron chi connectivity index (χ0n) is 9.91. The van der Waals surface area contributed by atoms with Crippen molar-refractivity contribution in [1.82, 2.24) is 5.32 Å². The molecule has 0 aliphatic rings.